The number of primary amides is 1. The summed E-state index contributed by atoms with van der Waals surface area (Å²) in [6, 6.07) is 6.18. The zero-order valence-corrected chi connectivity index (χ0v) is 10.5. The molecule has 92 valence electrons. The average molecular weight is 234 g/mol. The van der Waals surface area contributed by atoms with Gasteiger partial charge in [0.15, 0.2) is 0 Å². The Kier molecular flexibility index (Phi) is 4.26. The fraction of sp³-hybridized carbons (Fsp3) is 0.385. The van der Waals surface area contributed by atoms with Gasteiger partial charge in [-0.25, -0.2) is 0 Å². The first-order chi connectivity index (χ1) is 7.91. The van der Waals surface area contributed by atoms with Crippen molar-refractivity contribution in [1.29, 1.82) is 0 Å². The van der Waals surface area contributed by atoms with Crippen LogP contribution in [0.4, 0.5) is 0 Å². The lowest BCUT2D eigenvalue weighted by molar-refractivity contribution is -0.143. The number of carbonyl (C=O) groups excluding carboxylic acids is 2. The summed E-state index contributed by atoms with van der Waals surface area (Å²) in [6.07, 6.45) is 0.719. The second-order valence-corrected chi connectivity index (χ2v) is 4.26. The van der Waals surface area contributed by atoms with Crippen molar-refractivity contribution in [2.24, 2.45) is 5.73 Å². The molecule has 0 atom stereocenters. The lowest BCUT2D eigenvalue weighted by Gasteiger charge is -2.15. The second-order valence-electron chi connectivity index (χ2n) is 4.26. The van der Waals surface area contributed by atoms with Crippen LogP contribution >= 0.6 is 0 Å². The highest BCUT2D eigenvalue weighted by Crippen LogP contribution is 2.10. The molecule has 0 spiro atoms. The van der Waals surface area contributed by atoms with Gasteiger partial charge in [0.05, 0.1) is 0 Å². The van der Waals surface area contributed by atoms with Gasteiger partial charge >= 0.3 is 11.8 Å². The number of benzene rings is 1. The molecule has 0 radical (unpaired) electrons. The van der Waals surface area contributed by atoms with Crippen LogP contribution < -0.4 is 5.73 Å². The highest BCUT2D eigenvalue weighted by Gasteiger charge is 2.14. The fourth-order valence-corrected chi connectivity index (χ4v) is 1.55. The van der Waals surface area contributed by atoms with Crippen LogP contribution in [-0.4, -0.2) is 30.3 Å². The van der Waals surface area contributed by atoms with Gasteiger partial charge in [-0.2, -0.15) is 0 Å². The molecule has 1 aromatic rings. The SMILES string of the molecule is Cc1ccc(CCN(C)C(=O)C(N)=O)cc1C. The Morgan fingerprint density at radius 1 is 1.24 bits per heavy atom. The van der Waals surface area contributed by atoms with E-state index in [0.717, 1.165) is 12.0 Å². The van der Waals surface area contributed by atoms with Gasteiger partial charge < -0.3 is 10.6 Å². The molecule has 2 N–H and O–H groups in total. The lowest BCUT2D eigenvalue weighted by Crippen LogP contribution is -2.38. The van der Waals surface area contributed by atoms with Crippen molar-refractivity contribution in [1.82, 2.24) is 4.90 Å². The third kappa shape index (κ3) is 3.59. The molecule has 0 aliphatic heterocycles. The number of hydrogen-bond acceptors (Lipinski definition) is 2. The normalized spacial score (nSPS) is 10.1. The summed E-state index contributed by atoms with van der Waals surface area (Å²) in [5.41, 5.74) is 8.54. The molecule has 4 heteroatoms. The van der Waals surface area contributed by atoms with Crippen molar-refractivity contribution < 1.29 is 9.59 Å². The van der Waals surface area contributed by atoms with Crippen LogP contribution in [-0.2, 0) is 16.0 Å². The molecule has 0 unspecified atom stereocenters. The predicted molar refractivity (Wildman–Crippen MR) is 66.5 cm³/mol. The smallest absolute Gasteiger partial charge is 0.311 e. The van der Waals surface area contributed by atoms with Crippen molar-refractivity contribution in [2.45, 2.75) is 20.3 Å². The van der Waals surface area contributed by atoms with E-state index >= 15 is 0 Å². The van der Waals surface area contributed by atoms with Gasteiger partial charge in [-0.15, -0.1) is 0 Å². The summed E-state index contributed by atoms with van der Waals surface area (Å²) in [7, 11) is 1.58. The minimum absolute atomic E-state index is 0.490. The maximum Gasteiger partial charge on any atom is 0.311 e. The zero-order valence-electron chi connectivity index (χ0n) is 10.5. The predicted octanol–water partition coefficient (Wildman–Crippen LogP) is 0.790. The zero-order chi connectivity index (χ0) is 13.0. The van der Waals surface area contributed by atoms with Gasteiger partial charge in [-0.1, -0.05) is 18.2 Å². The molecule has 0 fully saturated rings. The van der Waals surface area contributed by atoms with Crippen LogP contribution in [0.2, 0.25) is 0 Å². The molecule has 2 amide bonds. The van der Waals surface area contributed by atoms with Crippen LogP contribution in [0.1, 0.15) is 16.7 Å². The number of aryl methyl sites for hydroxylation is 2. The molecule has 17 heavy (non-hydrogen) atoms. The first kappa shape index (κ1) is 13.2. The maximum atomic E-state index is 11.2. The van der Waals surface area contributed by atoms with Crippen molar-refractivity contribution >= 4 is 11.8 Å². The van der Waals surface area contributed by atoms with E-state index in [1.165, 1.54) is 16.0 Å². The van der Waals surface area contributed by atoms with Gasteiger partial charge in [0.25, 0.3) is 0 Å². The van der Waals surface area contributed by atoms with E-state index in [4.69, 9.17) is 5.73 Å². The molecular formula is C13H18N2O2. The number of hydrogen-bond donors (Lipinski definition) is 1. The first-order valence-electron chi connectivity index (χ1n) is 5.53. The van der Waals surface area contributed by atoms with Gasteiger partial charge in [-0.05, 0) is 37.0 Å². The van der Waals surface area contributed by atoms with Crippen molar-refractivity contribution in [2.75, 3.05) is 13.6 Å². The summed E-state index contributed by atoms with van der Waals surface area (Å²) >= 11 is 0. The summed E-state index contributed by atoms with van der Waals surface area (Å²) in [5, 5.41) is 0. The number of nitrogens with two attached hydrogens (primary N) is 1. The second kappa shape index (κ2) is 5.48. The Bertz CT molecular complexity index is 441. The Morgan fingerprint density at radius 3 is 2.41 bits per heavy atom. The Morgan fingerprint density at radius 2 is 1.88 bits per heavy atom. The highest BCUT2D eigenvalue weighted by molar-refractivity contribution is 6.34. The lowest BCUT2D eigenvalue weighted by atomic mass is 10.0. The molecule has 0 saturated heterocycles. The molecule has 0 aliphatic carbocycles. The number of carbonyl (C=O) groups is 2. The Labute approximate surface area is 101 Å². The summed E-state index contributed by atoms with van der Waals surface area (Å²) < 4.78 is 0. The van der Waals surface area contributed by atoms with Crippen molar-refractivity contribution in [3.8, 4) is 0 Å². The summed E-state index contributed by atoms with van der Waals surface area (Å²) in [5.74, 6) is -1.55. The monoisotopic (exact) mass is 234 g/mol. The largest absolute Gasteiger partial charge is 0.361 e. The van der Waals surface area contributed by atoms with Gasteiger partial charge in [-0.3, -0.25) is 9.59 Å². The summed E-state index contributed by atoms with van der Waals surface area (Å²) in [6.45, 7) is 4.60. The molecular weight excluding hydrogens is 216 g/mol. The third-order valence-corrected chi connectivity index (χ3v) is 2.86. The number of rotatable bonds is 3. The quantitative estimate of drug-likeness (QED) is 0.786. The van der Waals surface area contributed by atoms with Crippen molar-refractivity contribution in [3.05, 3.63) is 34.9 Å². The maximum absolute atomic E-state index is 11.2. The topological polar surface area (TPSA) is 63.4 Å². The standard InChI is InChI=1S/C13H18N2O2/c1-9-4-5-11(8-10(9)2)6-7-15(3)13(17)12(14)16/h4-5,8H,6-7H2,1-3H3,(H2,14,16). The van der Waals surface area contributed by atoms with Crippen molar-refractivity contribution in [3.63, 3.8) is 0 Å². The molecule has 4 nitrogen and oxygen atoms in total. The molecule has 1 aromatic carbocycles. The molecule has 0 bridgehead atoms. The van der Waals surface area contributed by atoms with Crippen LogP contribution in [0, 0.1) is 13.8 Å². The van der Waals surface area contributed by atoms with E-state index in [0.29, 0.717) is 6.54 Å². The fourth-order valence-electron chi connectivity index (χ4n) is 1.55. The van der Waals surface area contributed by atoms with Gasteiger partial charge in [0.1, 0.15) is 0 Å². The van der Waals surface area contributed by atoms with E-state index in [2.05, 4.69) is 26.0 Å². The van der Waals surface area contributed by atoms with E-state index < -0.39 is 11.8 Å². The van der Waals surface area contributed by atoms with E-state index in [1.807, 2.05) is 6.07 Å². The van der Waals surface area contributed by atoms with E-state index in [-0.39, 0.29) is 0 Å². The van der Waals surface area contributed by atoms with Crippen LogP contribution in [0.5, 0.6) is 0 Å². The molecule has 0 saturated carbocycles. The molecule has 0 aromatic heterocycles. The Hall–Kier alpha value is -1.84. The molecule has 0 aliphatic rings. The molecule has 1 rings (SSSR count). The minimum atomic E-state index is -0.910. The molecule has 0 heterocycles. The highest BCUT2D eigenvalue weighted by atomic mass is 16.2. The third-order valence-electron chi connectivity index (χ3n) is 2.86. The number of nitrogens with zero attached hydrogens (tertiary/aromatic N) is 1. The first-order valence-corrected chi connectivity index (χ1v) is 5.53. The van der Waals surface area contributed by atoms with E-state index in [9.17, 15) is 9.59 Å². The van der Waals surface area contributed by atoms with Crippen LogP contribution in [0.25, 0.3) is 0 Å². The number of likely N-dealkylation sites (N-methyl/N-ethyl adjacent to an activating group) is 1. The number of amides is 2. The van der Waals surface area contributed by atoms with Crippen LogP contribution in [0.3, 0.4) is 0 Å². The van der Waals surface area contributed by atoms with Gasteiger partial charge in [0, 0.05) is 13.6 Å². The Balaban J connectivity index is 2.58. The van der Waals surface area contributed by atoms with Crippen LogP contribution in [0.15, 0.2) is 18.2 Å². The summed E-state index contributed by atoms with van der Waals surface area (Å²) in [4.78, 5) is 23.3. The van der Waals surface area contributed by atoms with Gasteiger partial charge in [0.2, 0.25) is 0 Å². The van der Waals surface area contributed by atoms with E-state index in [1.54, 1.807) is 7.05 Å². The average Bonchev–Trinajstić information content (AvgIpc) is 2.29. The minimum Gasteiger partial charge on any atom is -0.361 e.